The summed E-state index contributed by atoms with van der Waals surface area (Å²) < 4.78 is 5.12. The van der Waals surface area contributed by atoms with E-state index in [2.05, 4.69) is 25.6 Å². The molecule has 0 saturated carbocycles. The quantitative estimate of drug-likeness (QED) is 0.789. The summed E-state index contributed by atoms with van der Waals surface area (Å²) in [6, 6.07) is 0. The van der Waals surface area contributed by atoms with Gasteiger partial charge in [0.1, 0.15) is 6.33 Å². The van der Waals surface area contributed by atoms with Crippen LogP contribution in [0.25, 0.3) is 11.2 Å². The number of nitrogens with one attached hydrogen (secondary N) is 2. The van der Waals surface area contributed by atoms with Crippen LogP contribution in [0.5, 0.6) is 0 Å². The van der Waals surface area contributed by atoms with Crippen LogP contribution in [0.4, 0.5) is 5.82 Å². The molecule has 6 heteroatoms. The molecule has 1 atom stereocenters. The first-order valence-corrected chi connectivity index (χ1v) is 5.42. The van der Waals surface area contributed by atoms with E-state index in [-0.39, 0.29) is 0 Å². The lowest BCUT2D eigenvalue weighted by molar-refractivity contribution is 0.590. The predicted molar refractivity (Wildman–Crippen MR) is 59.1 cm³/mol. The summed E-state index contributed by atoms with van der Waals surface area (Å²) in [6.07, 6.45) is 4.09. The maximum absolute atomic E-state index is 5.12. The van der Waals surface area contributed by atoms with Crippen molar-refractivity contribution in [1.29, 1.82) is 0 Å². The molecule has 2 aromatic rings. The zero-order valence-corrected chi connectivity index (χ0v) is 8.81. The van der Waals surface area contributed by atoms with Crippen molar-refractivity contribution in [3.05, 3.63) is 12.7 Å². The molecule has 2 aromatic heterocycles. The van der Waals surface area contributed by atoms with E-state index in [1.807, 2.05) is 0 Å². The van der Waals surface area contributed by atoms with E-state index in [1.165, 1.54) is 19.1 Å². The molecule has 0 aromatic carbocycles. The van der Waals surface area contributed by atoms with Gasteiger partial charge in [0.15, 0.2) is 17.7 Å². The molecule has 0 aliphatic carbocycles. The van der Waals surface area contributed by atoms with Gasteiger partial charge in [0.25, 0.3) is 5.71 Å². The summed E-state index contributed by atoms with van der Waals surface area (Å²) in [7, 11) is 0. The van der Waals surface area contributed by atoms with Crippen LogP contribution >= 0.6 is 0 Å². The fourth-order valence-corrected chi connectivity index (χ4v) is 1.95. The summed E-state index contributed by atoms with van der Waals surface area (Å²) in [6.45, 7) is 3.08. The van der Waals surface area contributed by atoms with E-state index in [9.17, 15) is 0 Å². The van der Waals surface area contributed by atoms with Crippen LogP contribution < -0.4 is 10.6 Å². The van der Waals surface area contributed by atoms with Gasteiger partial charge >= 0.3 is 0 Å². The molecule has 0 amide bonds. The first kappa shape index (κ1) is 9.53. The molecule has 0 bridgehead atoms. The van der Waals surface area contributed by atoms with Crippen molar-refractivity contribution in [1.82, 2.24) is 20.3 Å². The predicted octanol–water partition coefficient (Wildman–Crippen LogP) is 0.639. The number of aromatic nitrogens is 3. The molecular weight excluding hydrogens is 206 g/mol. The molecule has 84 valence electrons. The van der Waals surface area contributed by atoms with Gasteiger partial charge in [-0.1, -0.05) is 0 Å². The van der Waals surface area contributed by atoms with E-state index < -0.39 is 0 Å². The minimum Gasteiger partial charge on any atom is -0.425 e. The second-order valence-electron chi connectivity index (χ2n) is 3.97. The third kappa shape index (κ3) is 1.71. The van der Waals surface area contributed by atoms with Crippen molar-refractivity contribution >= 4 is 17.0 Å². The minimum absolute atomic E-state index is 0.530. The van der Waals surface area contributed by atoms with Crippen molar-refractivity contribution in [2.45, 2.75) is 6.42 Å². The van der Waals surface area contributed by atoms with Crippen molar-refractivity contribution in [3.63, 3.8) is 0 Å². The Labute approximate surface area is 92.5 Å². The standard InChI is InChI=1S/C10H13N5O/c1-2-11-3-7(1)4-12-9-8-10(14-5-13-9)16-6-15-8/h5-7,11H,1-4H2,(H,12,13,14). The Morgan fingerprint density at radius 1 is 1.44 bits per heavy atom. The molecule has 2 N–H and O–H groups in total. The van der Waals surface area contributed by atoms with Crippen LogP contribution in [0, 0.1) is 5.92 Å². The fourth-order valence-electron chi connectivity index (χ4n) is 1.95. The molecule has 0 radical (unpaired) electrons. The number of oxazole rings is 1. The number of hydrogen-bond acceptors (Lipinski definition) is 6. The summed E-state index contributed by atoms with van der Waals surface area (Å²) in [4.78, 5) is 12.3. The van der Waals surface area contributed by atoms with Gasteiger partial charge in [-0.3, -0.25) is 0 Å². The topological polar surface area (TPSA) is 75.9 Å². The van der Waals surface area contributed by atoms with Gasteiger partial charge in [0.2, 0.25) is 0 Å². The largest absolute Gasteiger partial charge is 0.425 e. The highest BCUT2D eigenvalue weighted by molar-refractivity contribution is 5.80. The van der Waals surface area contributed by atoms with E-state index in [4.69, 9.17) is 4.42 Å². The molecule has 16 heavy (non-hydrogen) atoms. The van der Waals surface area contributed by atoms with Gasteiger partial charge in [-0.2, -0.15) is 4.98 Å². The fraction of sp³-hybridized carbons (Fsp3) is 0.500. The van der Waals surface area contributed by atoms with Gasteiger partial charge in [-0.25, -0.2) is 9.97 Å². The Kier molecular flexibility index (Phi) is 2.41. The van der Waals surface area contributed by atoms with Crippen molar-refractivity contribution in [2.75, 3.05) is 25.0 Å². The van der Waals surface area contributed by atoms with Gasteiger partial charge < -0.3 is 15.1 Å². The third-order valence-electron chi connectivity index (χ3n) is 2.86. The lowest BCUT2D eigenvalue weighted by Crippen LogP contribution is -2.17. The smallest absolute Gasteiger partial charge is 0.251 e. The monoisotopic (exact) mass is 219 g/mol. The summed E-state index contributed by atoms with van der Waals surface area (Å²) in [5.41, 5.74) is 1.23. The molecule has 3 heterocycles. The number of fused-ring (bicyclic) bond motifs is 1. The highest BCUT2D eigenvalue weighted by Gasteiger charge is 2.15. The normalized spacial score (nSPS) is 20.4. The zero-order valence-electron chi connectivity index (χ0n) is 8.81. The number of rotatable bonds is 3. The number of hydrogen-bond donors (Lipinski definition) is 2. The molecule has 1 unspecified atom stereocenters. The van der Waals surface area contributed by atoms with Crippen LogP contribution in [0.3, 0.4) is 0 Å². The molecule has 1 aliphatic heterocycles. The van der Waals surface area contributed by atoms with Gasteiger partial charge in [-0.15, -0.1) is 0 Å². The zero-order chi connectivity index (χ0) is 10.8. The average molecular weight is 219 g/mol. The third-order valence-corrected chi connectivity index (χ3v) is 2.86. The maximum atomic E-state index is 5.12. The van der Waals surface area contributed by atoms with E-state index in [0.717, 1.165) is 25.5 Å². The number of nitrogens with zero attached hydrogens (tertiary/aromatic N) is 3. The molecule has 0 spiro atoms. The molecule has 1 aliphatic rings. The van der Waals surface area contributed by atoms with E-state index >= 15 is 0 Å². The Hall–Kier alpha value is -1.69. The van der Waals surface area contributed by atoms with E-state index in [0.29, 0.717) is 17.1 Å². The van der Waals surface area contributed by atoms with Gasteiger partial charge in [0.05, 0.1) is 0 Å². The lowest BCUT2D eigenvalue weighted by Gasteiger charge is -2.09. The highest BCUT2D eigenvalue weighted by Crippen LogP contribution is 2.17. The number of anilines is 1. The summed E-state index contributed by atoms with van der Waals surface area (Å²) in [5.74, 6) is 1.42. The molecule has 6 nitrogen and oxygen atoms in total. The van der Waals surface area contributed by atoms with Gasteiger partial charge in [-0.05, 0) is 25.4 Å². The lowest BCUT2D eigenvalue weighted by atomic mass is 10.1. The molecule has 1 fully saturated rings. The Morgan fingerprint density at radius 3 is 3.31 bits per heavy atom. The van der Waals surface area contributed by atoms with E-state index in [1.54, 1.807) is 0 Å². The Balaban J connectivity index is 1.75. The maximum Gasteiger partial charge on any atom is 0.251 e. The Bertz CT molecular complexity index is 477. The van der Waals surface area contributed by atoms with Crippen LogP contribution in [-0.2, 0) is 0 Å². The summed E-state index contributed by atoms with van der Waals surface area (Å²) in [5, 5.41) is 6.64. The first-order chi connectivity index (χ1) is 7.93. The second kappa shape index (κ2) is 4.05. The first-order valence-electron chi connectivity index (χ1n) is 5.42. The molecule has 3 rings (SSSR count). The average Bonchev–Trinajstić information content (AvgIpc) is 2.97. The second-order valence-corrected chi connectivity index (χ2v) is 3.97. The SMILES string of the molecule is c1nc(NCC2CCNC2)c2ncoc2n1. The van der Waals surface area contributed by atoms with Crippen LogP contribution in [0.1, 0.15) is 6.42 Å². The van der Waals surface area contributed by atoms with Gasteiger partial charge in [0, 0.05) is 6.54 Å². The summed E-state index contributed by atoms with van der Waals surface area (Å²) >= 11 is 0. The van der Waals surface area contributed by atoms with Crippen LogP contribution in [0.15, 0.2) is 17.1 Å². The Morgan fingerprint density at radius 2 is 2.44 bits per heavy atom. The van der Waals surface area contributed by atoms with Crippen molar-refractivity contribution < 1.29 is 4.42 Å². The van der Waals surface area contributed by atoms with Crippen LogP contribution in [0.2, 0.25) is 0 Å². The molecule has 1 saturated heterocycles. The molecular formula is C10H13N5O. The minimum atomic E-state index is 0.530. The van der Waals surface area contributed by atoms with Crippen molar-refractivity contribution in [2.24, 2.45) is 5.92 Å². The van der Waals surface area contributed by atoms with Crippen LogP contribution in [-0.4, -0.2) is 34.6 Å². The highest BCUT2D eigenvalue weighted by atomic mass is 16.3. The van der Waals surface area contributed by atoms with Crippen molar-refractivity contribution in [3.8, 4) is 0 Å².